The molecule has 3 rings (SSSR count). The fourth-order valence-corrected chi connectivity index (χ4v) is 3.35. The molecular weight excluding hydrogens is 280 g/mol. The van der Waals surface area contributed by atoms with E-state index < -0.39 is 0 Å². The van der Waals surface area contributed by atoms with Crippen LogP contribution < -0.4 is 10.2 Å². The third-order valence-electron chi connectivity index (χ3n) is 3.84. The van der Waals surface area contributed by atoms with Gasteiger partial charge in [0.1, 0.15) is 0 Å². The van der Waals surface area contributed by atoms with Gasteiger partial charge in [0.2, 0.25) is 0 Å². The Hall–Kier alpha value is -1.59. The van der Waals surface area contributed by atoms with Crippen LogP contribution in [0.4, 0.5) is 10.8 Å². The van der Waals surface area contributed by atoms with E-state index in [1.807, 2.05) is 11.6 Å². The van der Waals surface area contributed by atoms with E-state index in [-0.39, 0.29) is 0 Å². The monoisotopic (exact) mass is 302 g/mol. The van der Waals surface area contributed by atoms with Crippen molar-refractivity contribution in [3.8, 4) is 0 Å². The molecule has 1 aliphatic rings. The second-order valence-electron chi connectivity index (χ2n) is 5.44. The maximum Gasteiger partial charge on any atom is 0.185 e. The maximum atomic E-state index is 4.39. The third kappa shape index (κ3) is 3.95. The van der Waals surface area contributed by atoms with Crippen molar-refractivity contribution in [3.63, 3.8) is 0 Å². The van der Waals surface area contributed by atoms with Crippen LogP contribution in [0.25, 0.3) is 0 Å². The molecule has 5 heteroatoms. The van der Waals surface area contributed by atoms with E-state index in [1.165, 1.54) is 11.3 Å². The number of hydrogen-bond donors (Lipinski definition) is 1. The number of thiazole rings is 1. The number of aryl methyl sites for hydroxylation is 1. The Balaban J connectivity index is 1.40. The molecule has 1 aromatic heterocycles. The van der Waals surface area contributed by atoms with Gasteiger partial charge in [0.25, 0.3) is 0 Å². The summed E-state index contributed by atoms with van der Waals surface area (Å²) in [6, 6.07) is 8.56. The smallest absolute Gasteiger partial charge is 0.185 e. The summed E-state index contributed by atoms with van der Waals surface area (Å²) in [6.07, 6.45) is 1.89. The van der Waals surface area contributed by atoms with Crippen molar-refractivity contribution in [1.82, 2.24) is 9.88 Å². The number of hydrogen-bond acceptors (Lipinski definition) is 5. The third-order valence-corrected chi connectivity index (χ3v) is 4.67. The summed E-state index contributed by atoms with van der Waals surface area (Å²) in [5.74, 6) is 0. The lowest BCUT2D eigenvalue weighted by Crippen LogP contribution is -2.47. The Morgan fingerprint density at radius 3 is 2.81 bits per heavy atom. The number of rotatable bonds is 5. The molecule has 0 amide bonds. The van der Waals surface area contributed by atoms with Crippen molar-refractivity contribution in [2.45, 2.75) is 6.92 Å². The molecule has 112 valence electrons. The Labute approximate surface area is 130 Å². The summed E-state index contributed by atoms with van der Waals surface area (Å²) in [5.41, 5.74) is 2.52. The van der Waals surface area contributed by atoms with Gasteiger partial charge in [-0.25, -0.2) is 4.98 Å². The number of nitrogens with zero attached hydrogens (tertiary/aromatic N) is 3. The average Bonchev–Trinajstić information content (AvgIpc) is 3.02. The Kier molecular flexibility index (Phi) is 4.72. The quantitative estimate of drug-likeness (QED) is 0.920. The van der Waals surface area contributed by atoms with E-state index in [1.54, 1.807) is 11.3 Å². The first-order valence-electron chi connectivity index (χ1n) is 7.48. The van der Waals surface area contributed by atoms with Crippen LogP contribution in [0.1, 0.15) is 5.56 Å². The molecule has 0 radical (unpaired) electrons. The lowest BCUT2D eigenvalue weighted by Gasteiger charge is -2.34. The van der Waals surface area contributed by atoms with Gasteiger partial charge in [0.05, 0.1) is 0 Å². The fraction of sp³-hybridized carbons (Fsp3) is 0.438. The molecule has 2 heterocycles. The molecule has 1 aliphatic heterocycles. The molecule has 0 bridgehead atoms. The Morgan fingerprint density at radius 2 is 2.10 bits per heavy atom. The molecule has 21 heavy (non-hydrogen) atoms. The van der Waals surface area contributed by atoms with Crippen LogP contribution in [0.15, 0.2) is 35.8 Å². The van der Waals surface area contributed by atoms with Gasteiger partial charge < -0.3 is 10.2 Å². The van der Waals surface area contributed by atoms with Gasteiger partial charge in [-0.1, -0.05) is 12.1 Å². The zero-order chi connectivity index (χ0) is 14.5. The zero-order valence-corrected chi connectivity index (χ0v) is 13.3. The second kappa shape index (κ2) is 6.91. The highest BCUT2D eigenvalue weighted by molar-refractivity contribution is 7.13. The largest absolute Gasteiger partial charge is 0.384 e. The van der Waals surface area contributed by atoms with Crippen molar-refractivity contribution in [2.75, 3.05) is 49.5 Å². The number of benzene rings is 1. The van der Waals surface area contributed by atoms with Gasteiger partial charge in [-0.05, 0) is 24.6 Å². The SMILES string of the molecule is Cc1cccc(NCCN2CCN(c3nccs3)CC2)c1. The van der Waals surface area contributed by atoms with Gasteiger partial charge in [0, 0.05) is 56.5 Å². The number of aromatic nitrogens is 1. The van der Waals surface area contributed by atoms with Gasteiger partial charge in [0.15, 0.2) is 5.13 Å². The molecule has 0 atom stereocenters. The summed E-state index contributed by atoms with van der Waals surface area (Å²) < 4.78 is 0. The van der Waals surface area contributed by atoms with Crippen molar-refractivity contribution in [1.29, 1.82) is 0 Å². The first kappa shape index (κ1) is 14.4. The van der Waals surface area contributed by atoms with Crippen LogP contribution >= 0.6 is 11.3 Å². The molecule has 2 aromatic rings. The summed E-state index contributed by atoms with van der Waals surface area (Å²) in [5, 5.41) is 6.71. The van der Waals surface area contributed by atoms with E-state index >= 15 is 0 Å². The van der Waals surface area contributed by atoms with E-state index in [0.29, 0.717) is 0 Å². The molecule has 0 aliphatic carbocycles. The van der Waals surface area contributed by atoms with E-state index in [4.69, 9.17) is 0 Å². The van der Waals surface area contributed by atoms with Crippen molar-refractivity contribution >= 4 is 22.2 Å². The van der Waals surface area contributed by atoms with Crippen LogP contribution in [0.2, 0.25) is 0 Å². The van der Waals surface area contributed by atoms with E-state index in [0.717, 1.165) is 44.4 Å². The van der Waals surface area contributed by atoms with E-state index in [9.17, 15) is 0 Å². The summed E-state index contributed by atoms with van der Waals surface area (Å²) >= 11 is 1.73. The van der Waals surface area contributed by atoms with E-state index in [2.05, 4.69) is 51.3 Å². The summed E-state index contributed by atoms with van der Waals surface area (Å²) in [6.45, 7) is 8.63. The summed E-state index contributed by atoms with van der Waals surface area (Å²) in [4.78, 5) is 9.29. The first-order valence-corrected chi connectivity index (χ1v) is 8.36. The average molecular weight is 302 g/mol. The lowest BCUT2D eigenvalue weighted by molar-refractivity contribution is 0.267. The van der Waals surface area contributed by atoms with Crippen LogP contribution in [-0.2, 0) is 0 Å². The van der Waals surface area contributed by atoms with Crippen LogP contribution in [0.3, 0.4) is 0 Å². The fourth-order valence-electron chi connectivity index (χ4n) is 2.65. The standard InChI is InChI=1S/C16H22N4S/c1-14-3-2-4-15(13-14)17-5-7-19-8-10-20(11-9-19)16-18-6-12-21-16/h2-4,6,12-13,17H,5,7-11H2,1H3. The summed E-state index contributed by atoms with van der Waals surface area (Å²) in [7, 11) is 0. The zero-order valence-electron chi connectivity index (χ0n) is 12.5. The predicted octanol–water partition coefficient (Wildman–Crippen LogP) is 2.69. The molecule has 1 saturated heterocycles. The van der Waals surface area contributed by atoms with Crippen molar-refractivity contribution in [2.24, 2.45) is 0 Å². The number of piperazine rings is 1. The number of nitrogens with one attached hydrogen (secondary N) is 1. The topological polar surface area (TPSA) is 31.4 Å². The minimum absolute atomic E-state index is 1.00. The van der Waals surface area contributed by atoms with Gasteiger partial charge in [-0.3, -0.25) is 4.90 Å². The lowest BCUT2D eigenvalue weighted by atomic mass is 10.2. The van der Waals surface area contributed by atoms with Crippen LogP contribution in [-0.4, -0.2) is 49.2 Å². The van der Waals surface area contributed by atoms with Crippen LogP contribution in [0, 0.1) is 6.92 Å². The normalized spacial score (nSPS) is 16.1. The molecular formula is C16H22N4S. The van der Waals surface area contributed by atoms with Crippen LogP contribution in [0.5, 0.6) is 0 Å². The predicted molar refractivity (Wildman–Crippen MR) is 90.4 cm³/mol. The number of anilines is 2. The molecule has 0 spiro atoms. The minimum atomic E-state index is 1.00. The van der Waals surface area contributed by atoms with Gasteiger partial charge in [-0.15, -0.1) is 11.3 Å². The molecule has 1 N–H and O–H groups in total. The molecule has 0 saturated carbocycles. The Morgan fingerprint density at radius 1 is 1.24 bits per heavy atom. The highest BCUT2D eigenvalue weighted by Crippen LogP contribution is 2.18. The van der Waals surface area contributed by atoms with Crippen molar-refractivity contribution < 1.29 is 0 Å². The maximum absolute atomic E-state index is 4.39. The highest BCUT2D eigenvalue weighted by Gasteiger charge is 2.17. The molecule has 1 fully saturated rings. The molecule has 1 aromatic carbocycles. The van der Waals surface area contributed by atoms with Gasteiger partial charge >= 0.3 is 0 Å². The first-order chi connectivity index (χ1) is 10.3. The highest BCUT2D eigenvalue weighted by atomic mass is 32.1. The molecule has 4 nitrogen and oxygen atoms in total. The van der Waals surface area contributed by atoms with Crippen molar-refractivity contribution in [3.05, 3.63) is 41.4 Å². The van der Waals surface area contributed by atoms with Gasteiger partial charge in [-0.2, -0.15) is 0 Å². The second-order valence-corrected chi connectivity index (χ2v) is 6.31. The molecule has 0 unspecified atom stereocenters. The Bertz CT molecular complexity index is 547. The minimum Gasteiger partial charge on any atom is -0.384 e.